The van der Waals surface area contributed by atoms with Crippen molar-refractivity contribution in [1.29, 1.82) is 0 Å². The van der Waals surface area contributed by atoms with Crippen LogP contribution < -0.4 is 10.2 Å². The Balaban J connectivity index is 1.08. The quantitative estimate of drug-likeness (QED) is 0.132. The Labute approximate surface area is 258 Å². The Hall–Kier alpha value is -4.72. The Morgan fingerprint density at radius 1 is 0.953 bits per heavy atom. The number of nitrogens with zero attached hydrogens (tertiary/aromatic N) is 3. The molecule has 43 heavy (non-hydrogen) atoms. The van der Waals surface area contributed by atoms with Gasteiger partial charge in [-0.25, -0.2) is 5.43 Å². The van der Waals surface area contributed by atoms with Crippen LogP contribution in [0.25, 0.3) is 16.6 Å². The molecule has 0 spiro atoms. The van der Waals surface area contributed by atoms with Crippen molar-refractivity contribution in [2.24, 2.45) is 5.10 Å². The highest BCUT2D eigenvalue weighted by atomic mass is 35.5. The molecule has 0 unspecified atom stereocenters. The molecule has 0 bridgehead atoms. The zero-order valence-electron chi connectivity index (χ0n) is 23.6. The zero-order valence-corrected chi connectivity index (χ0v) is 25.1. The number of furan rings is 1. The van der Waals surface area contributed by atoms with Crippen LogP contribution in [0.4, 0.5) is 0 Å². The van der Waals surface area contributed by atoms with Gasteiger partial charge in [-0.15, -0.1) is 0 Å². The summed E-state index contributed by atoms with van der Waals surface area (Å²) in [5.41, 5.74) is 8.77. The first-order valence-corrected chi connectivity index (χ1v) is 14.4. The van der Waals surface area contributed by atoms with E-state index in [1.54, 1.807) is 24.4 Å². The van der Waals surface area contributed by atoms with E-state index in [9.17, 15) is 4.79 Å². The average Bonchev–Trinajstić information content (AvgIpc) is 3.71. The summed E-state index contributed by atoms with van der Waals surface area (Å²) in [5.74, 6) is 0.917. The first-order valence-electron chi connectivity index (χ1n) is 13.7. The molecule has 0 aliphatic carbocycles. The van der Waals surface area contributed by atoms with Gasteiger partial charge >= 0.3 is 5.91 Å². The number of benzene rings is 3. The number of fused-ring (bicyclic) bond motifs is 1. The molecule has 3 aromatic carbocycles. The molecule has 0 aliphatic rings. The number of hydrazone groups is 1. The van der Waals surface area contributed by atoms with Crippen LogP contribution in [-0.4, -0.2) is 21.3 Å². The average molecular weight is 612 g/mol. The van der Waals surface area contributed by atoms with Gasteiger partial charge in [-0.2, -0.15) is 5.10 Å². The highest BCUT2D eigenvalue weighted by Crippen LogP contribution is 2.26. The largest absolute Gasteiger partial charge is 0.486 e. The maximum Gasteiger partial charge on any atom is 0.307 e. The number of halogens is 2. The third kappa shape index (κ3) is 6.23. The monoisotopic (exact) mass is 610 g/mol. The van der Waals surface area contributed by atoms with Crippen molar-refractivity contribution in [2.75, 3.05) is 0 Å². The molecule has 6 rings (SSSR count). The minimum Gasteiger partial charge on any atom is -0.486 e. The third-order valence-electron chi connectivity index (χ3n) is 7.18. The van der Waals surface area contributed by atoms with Crippen LogP contribution in [-0.2, 0) is 13.2 Å². The lowest BCUT2D eigenvalue weighted by Gasteiger charge is -2.10. The second-order valence-electron chi connectivity index (χ2n) is 10.2. The number of hydrogen-bond donors (Lipinski definition) is 1. The van der Waals surface area contributed by atoms with Crippen molar-refractivity contribution < 1.29 is 13.9 Å². The van der Waals surface area contributed by atoms with Crippen LogP contribution in [0.2, 0.25) is 10.0 Å². The smallest absolute Gasteiger partial charge is 0.307 e. The third-order valence-corrected chi connectivity index (χ3v) is 7.76. The maximum atomic E-state index is 12.7. The molecular weight excluding hydrogens is 583 g/mol. The van der Waals surface area contributed by atoms with Gasteiger partial charge in [0.1, 0.15) is 18.1 Å². The van der Waals surface area contributed by atoms with Crippen LogP contribution in [0.3, 0.4) is 0 Å². The predicted octanol–water partition coefficient (Wildman–Crippen LogP) is 8.34. The van der Waals surface area contributed by atoms with Gasteiger partial charge in [0.05, 0.1) is 6.21 Å². The van der Waals surface area contributed by atoms with Crippen molar-refractivity contribution in [3.63, 3.8) is 0 Å². The summed E-state index contributed by atoms with van der Waals surface area (Å²) in [6.07, 6.45) is 3.59. The Kier molecular flexibility index (Phi) is 8.09. The van der Waals surface area contributed by atoms with Crippen LogP contribution >= 0.6 is 23.2 Å². The molecule has 0 atom stereocenters. The van der Waals surface area contributed by atoms with E-state index in [2.05, 4.69) is 45.6 Å². The number of rotatable bonds is 9. The van der Waals surface area contributed by atoms with E-state index in [0.29, 0.717) is 28.1 Å². The summed E-state index contributed by atoms with van der Waals surface area (Å²) in [4.78, 5) is 12.7. The summed E-state index contributed by atoms with van der Waals surface area (Å²) < 4.78 is 15.8. The number of hydrogen-bond acceptors (Lipinski definition) is 4. The lowest BCUT2D eigenvalue weighted by atomic mass is 10.2. The molecule has 1 N–H and O–H groups in total. The second-order valence-corrected chi connectivity index (χ2v) is 11.0. The number of ether oxygens (including phenoxy) is 1. The van der Waals surface area contributed by atoms with Gasteiger partial charge in [0.15, 0.2) is 5.76 Å². The normalized spacial score (nSPS) is 11.4. The number of aromatic nitrogens is 2. The molecule has 0 radical (unpaired) electrons. The molecule has 3 heterocycles. The molecule has 0 fully saturated rings. The molecule has 0 aliphatic heterocycles. The number of para-hydroxylation sites is 1. The SMILES string of the molecule is Cc1ccc(C)n1-c1ccc(OCc2ccc(C(=O)N/N=C/c3cn(Cc4ccc(Cl)cc4Cl)c4ccccc34)o2)cc1. The molecule has 9 heteroatoms. The summed E-state index contributed by atoms with van der Waals surface area (Å²) in [6, 6.07) is 28.8. The fraction of sp³-hybridized carbons (Fsp3) is 0.118. The zero-order chi connectivity index (χ0) is 29.9. The highest BCUT2D eigenvalue weighted by molar-refractivity contribution is 6.35. The molecular formula is C34H28Cl2N4O3. The Morgan fingerprint density at radius 2 is 1.72 bits per heavy atom. The second kappa shape index (κ2) is 12.3. The van der Waals surface area contributed by atoms with Crippen molar-refractivity contribution in [1.82, 2.24) is 14.6 Å². The number of aryl methyl sites for hydroxylation is 2. The van der Waals surface area contributed by atoms with E-state index in [1.165, 1.54) is 11.4 Å². The standard InChI is InChI=1S/C34H28Cl2N4O3/c1-22-7-8-23(2)40(22)27-11-13-28(14-12-27)42-21-29-15-16-33(43-29)34(41)38-37-18-25-20-39(32-6-4-3-5-30(25)32)19-24-9-10-26(35)17-31(24)36/h3-18,20H,19,21H2,1-2H3,(H,38,41)/b37-18+. The van der Waals surface area contributed by atoms with E-state index in [-0.39, 0.29) is 12.4 Å². The minimum atomic E-state index is -0.457. The molecule has 1 amide bonds. The number of amides is 1. The van der Waals surface area contributed by atoms with Gasteiger partial charge < -0.3 is 18.3 Å². The molecule has 0 saturated carbocycles. The summed E-state index contributed by atoms with van der Waals surface area (Å²) in [6.45, 7) is 4.90. The van der Waals surface area contributed by atoms with Gasteiger partial charge in [0, 0.05) is 56.3 Å². The van der Waals surface area contributed by atoms with Crippen LogP contribution in [0.1, 0.15) is 38.8 Å². The fourth-order valence-electron chi connectivity index (χ4n) is 5.06. The lowest BCUT2D eigenvalue weighted by molar-refractivity contribution is 0.0923. The van der Waals surface area contributed by atoms with Gasteiger partial charge in [-0.05, 0) is 86.1 Å². The topological polar surface area (TPSA) is 73.7 Å². The highest BCUT2D eigenvalue weighted by Gasteiger charge is 2.13. The molecule has 7 nitrogen and oxygen atoms in total. The van der Waals surface area contributed by atoms with Crippen molar-refractivity contribution in [3.8, 4) is 11.4 Å². The summed E-state index contributed by atoms with van der Waals surface area (Å²) in [7, 11) is 0. The summed E-state index contributed by atoms with van der Waals surface area (Å²) >= 11 is 12.5. The number of carbonyl (C=O) groups excluding carboxylic acids is 1. The van der Waals surface area contributed by atoms with E-state index in [4.69, 9.17) is 32.4 Å². The van der Waals surface area contributed by atoms with Crippen LogP contribution in [0, 0.1) is 13.8 Å². The van der Waals surface area contributed by atoms with Crippen LogP contribution in [0.15, 0.2) is 107 Å². The lowest BCUT2D eigenvalue weighted by Crippen LogP contribution is -2.16. The fourth-order valence-corrected chi connectivity index (χ4v) is 5.53. The predicted molar refractivity (Wildman–Crippen MR) is 171 cm³/mol. The molecule has 6 aromatic rings. The van der Waals surface area contributed by atoms with E-state index in [1.807, 2.05) is 66.9 Å². The van der Waals surface area contributed by atoms with E-state index >= 15 is 0 Å². The summed E-state index contributed by atoms with van der Waals surface area (Å²) in [5, 5.41) is 6.38. The van der Waals surface area contributed by atoms with Crippen molar-refractivity contribution in [2.45, 2.75) is 27.0 Å². The Morgan fingerprint density at radius 3 is 2.49 bits per heavy atom. The number of carbonyl (C=O) groups is 1. The molecule has 216 valence electrons. The van der Waals surface area contributed by atoms with Crippen molar-refractivity contribution >= 4 is 46.2 Å². The van der Waals surface area contributed by atoms with E-state index in [0.717, 1.165) is 27.7 Å². The van der Waals surface area contributed by atoms with Crippen LogP contribution in [0.5, 0.6) is 5.75 Å². The number of nitrogens with one attached hydrogen (secondary N) is 1. The van der Waals surface area contributed by atoms with Gasteiger partial charge in [0.25, 0.3) is 0 Å². The first-order chi connectivity index (χ1) is 20.9. The molecule has 3 aromatic heterocycles. The molecule has 0 saturated heterocycles. The Bertz CT molecular complexity index is 1930. The van der Waals surface area contributed by atoms with Gasteiger partial charge in [0.2, 0.25) is 0 Å². The van der Waals surface area contributed by atoms with Gasteiger partial charge in [-0.3, -0.25) is 4.79 Å². The minimum absolute atomic E-state index is 0.143. The van der Waals surface area contributed by atoms with Crippen molar-refractivity contribution in [3.05, 3.63) is 141 Å². The maximum absolute atomic E-state index is 12.7. The van der Waals surface area contributed by atoms with E-state index < -0.39 is 5.91 Å². The van der Waals surface area contributed by atoms with Gasteiger partial charge in [-0.1, -0.05) is 47.5 Å². The first kappa shape index (κ1) is 28.4.